The van der Waals surface area contributed by atoms with Crippen molar-refractivity contribution in [1.82, 2.24) is 24.4 Å². The van der Waals surface area contributed by atoms with E-state index in [1.165, 1.54) is 23.9 Å². The summed E-state index contributed by atoms with van der Waals surface area (Å²) in [5.41, 5.74) is -1.68. The van der Waals surface area contributed by atoms with E-state index in [0.29, 0.717) is 25.9 Å². The lowest BCUT2D eigenvalue weighted by atomic mass is 10.1. The highest BCUT2D eigenvalue weighted by atomic mass is 19.1. The van der Waals surface area contributed by atoms with Crippen LogP contribution < -0.4 is 16.4 Å². The number of hydrogen-bond donors (Lipinski definition) is 1. The Morgan fingerprint density at radius 2 is 1.85 bits per heavy atom. The zero-order valence-electron chi connectivity index (χ0n) is 14.6. The van der Waals surface area contributed by atoms with Crippen molar-refractivity contribution in [2.24, 2.45) is 7.05 Å². The van der Waals surface area contributed by atoms with Crippen LogP contribution in [0.15, 0.2) is 34.0 Å². The molecule has 4 heterocycles. The molecule has 9 heteroatoms. The summed E-state index contributed by atoms with van der Waals surface area (Å²) in [4.78, 5) is 33.2. The Kier molecular flexibility index (Phi) is 4.31. The summed E-state index contributed by atoms with van der Waals surface area (Å²) in [5, 5.41) is 3.19. The Hall–Kier alpha value is -2.94. The smallest absolute Gasteiger partial charge is 0.317 e. The summed E-state index contributed by atoms with van der Waals surface area (Å²) >= 11 is 0. The Labute approximate surface area is 152 Å². The van der Waals surface area contributed by atoms with E-state index in [9.17, 15) is 18.4 Å². The van der Waals surface area contributed by atoms with Crippen molar-refractivity contribution < 1.29 is 8.78 Å². The number of aromatic nitrogens is 4. The van der Waals surface area contributed by atoms with Crippen molar-refractivity contribution in [3.8, 4) is 11.4 Å². The molecule has 4 rings (SSSR count). The molecule has 0 unspecified atom stereocenters. The van der Waals surface area contributed by atoms with E-state index in [1.54, 1.807) is 0 Å². The standard InChI is InChI=1S/C18H17F2N5O2/c1-24-13-9-12(20)15(14-11(19)3-2-6-22-14)23-16(13)25(18(27)17(24)26)10-4-7-21-8-5-10/h2-3,6,9-10,21H,4-5,7-8H2,1H3. The van der Waals surface area contributed by atoms with Crippen LogP contribution in [0.2, 0.25) is 0 Å². The quantitative estimate of drug-likeness (QED) is 0.686. The number of rotatable bonds is 2. The summed E-state index contributed by atoms with van der Waals surface area (Å²) in [6, 6.07) is 3.42. The first-order chi connectivity index (χ1) is 13.0. The molecule has 1 saturated heterocycles. The Morgan fingerprint density at radius 1 is 1.11 bits per heavy atom. The third-order valence-electron chi connectivity index (χ3n) is 4.89. The minimum atomic E-state index is -0.814. The van der Waals surface area contributed by atoms with Gasteiger partial charge < -0.3 is 9.88 Å². The van der Waals surface area contributed by atoms with Gasteiger partial charge in [-0.2, -0.15) is 0 Å². The van der Waals surface area contributed by atoms with Gasteiger partial charge in [0.05, 0.1) is 5.52 Å². The van der Waals surface area contributed by atoms with E-state index >= 15 is 0 Å². The second kappa shape index (κ2) is 6.66. The van der Waals surface area contributed by atoms with Gasteiger partial charge in [0.1, 0.15) is 11.4 Å². The van der Waals surface area contributed by atoms with E-state index < -0.39 is 22.8 Å². The minimum Gasteiger partial charge on any atom is -0.317 e. The van der Waals surface area contributed by atoms with Crippen LogP contribution in [0.4, 0.5) is 8.78 Å². The van der Waals surface area contributed by atoms with Gasteiger partial charge in [0.15, 0.2) is 17.3 Å². The summed E-state index contributed by atoms with van der Waals surface area (Å²) in [6.07, 6.45) is 2.60. The average Bonchev–Trinajstić information content (AvgIpc) is 2.68. The SMILES string of the molecule is Cn1c(=O)c(=O)n(C2CCNCC2)c2nc(-c3ncccc3F)c(F)cc21. The van der Waals surface area contributed by atoms with Crippen LogP contribution in [0.5, 0.6) is 0 Å². The molecule has 1 fully saturated rings. The number of nitrogens with one attached hydrogen (secondary N) is 1. The van der Waals surface area contributed by atoms with Crippen molar-refractivity contribution in [3.63, 3.8) is 0 Å². The summed E-state index contributed by atoms with van der Waals surface area (Å²) in [7, 11) is 1.39. The summed E-state index contributed by atoms with van der Waals surface area (Å²) < 4.78 is 31.2. The molecular formula is C18H17F2N5O2. The maximum Gasteiger partial charge on any atom is 0.318 e. The number of nitrogens with zero attached hydrogens (tertiary/aromatic N) is 4. The van der Waals surface area contributed by atoms with Crippen LogP contribution in [0.25, 0.3) is 22.6 Å². The molecule has 7 nitrogen and oxygen atoms in total. The van der Waals surface area contributed by atoms with Crippen LogP contribution in [0.1, 0.15) is 18.9 Å². The van der Waals surface area contributed by atoms with Crippen molar-refractivity contribution in [2.75, 3.05) is 13.1 Å². The normalized spacial score (nSPS) is 15.4. The predicted molar refractivity (Wildman–Crippen MR) is 95.5 cm³/mol. The van der Waals surface area contributed by atoms with E-state index in [4.69, 9.17) is 0 Å². The summed E-state index contributed by atoms with van der Waals surface area (Å²) in [6.45, 7) is 1.38. The Bertz CT molecular complexity index is 1150. The van der Waals surface area contributed by atoms with Crippen LogP contribution in [-0.2, 0) is 7.05 Å². The number of aryl methyl sites for hydroxylation is 1. The zero-order valence-corrected chi connectivity index (χ0v) is 14.6. The van der Waals surface area contributed by atoms with E-state index in [-0.39, 0.29) is 28.6 Å². The van der Waals surface area contributed by atoms with E-state index in [1.807, 2.05) is 0 Å². The fourth-order valence-corrected chi connectivity index (χ4v) is 3.48. The van der Waals surface area contributed by atoms with Crippen molar-refractivity contribution in [1.29, 1.82) is 0 Å². The maximum absolute atomic E-state index is 14.7. The molecule has 140 valence electrons. The molecule has 27 heavy (non-hydrogen) atoms. The average molecular weight is 373 g/mol. The van der Waals surface area contributed by atoms with Gasteiger partial charge in [0.2, 0.25) is 0 Å². The molecule has 0 bridgehead atoms. The highest BCUT2D eigenvalue weighted by molar-refractivity contribution is 5.75. The molecule has 3 aromatic heterocycles. The fourth-order valence-electron chi connectivity index (χ4n) is 3.48. The molecule has 0 aliphatic carbocycles. The van der Waals surface area contributed by atoms with Gasteiger partial charge in [-0.15, -0.1) is 0 Å². The van der Waals surface area contributed by atoms with Gasteiger partial charge in [-0.3, -0.25) is 19.1 Å². The molecule has 3 aromatic rings. The minimum absolute atomic E-state index is 0.149. The first-order valence-corrected chi connectivity index (χ1v) is 8.62. The maximum atomic E-state index is 14.7. The van der Waals surface area contributed by atoms with Crippen LogP contribution in [0.3, 0.4) is 0 Å². The second-order valence-electron chi connectivity index (χ2n) is 6.52. The Balaban J connectivity index is 2.07. The highest BCUT2D eigenvalue weighted by Crippen LogP contribution is 2.26. The van der Waals surface area contributed by atoms with Crippen molar-refractivity contribution >= 4 is 11.2 Å². The fraction of sp³-hybridized carbons (Fsp3) is 0.333. The number of pyridine rings is 2. The molecule has 1 aliphatic rings. The van der Waals surface area contributed by atoms with E-state index in [0.717, 1.165) is 16.7 Å². The molecule has 0 spiro atoms. The van der Waals surface area contributed by atoms with E-state index in [2.05, 4.69) is 15.3 Å². The largest absolute Gasteiger partial charge is 0.318 e. The lowest BCUT2D eigenvalue weighted by Gasteiger charge is -2.26. The lowest BCUT2D eigenvalue weighted by Crippen LogP contribution is -2.44. The molecule has 1 N–H and O–H groups in total. The zero-order chi connectivity index (χ0) is 19.1. The topological polar surface area (TPSA) is 81.8 Å². The van der Waals surface area contributed by atoms with Crippen molar-refractivity contribution in [2.45, 2.75) is 18.9 Å². The van der Waals surface area contributed by atoms with Gasteiger partial charge in [0.25, 0.3) is 0 Å². The molecule has 0 aromatic carbocycles. The van der Waals surface area contributed by atoms with Gasteiger partial charge in [-0.25, -0.2) is 13.8 Å². The lowest BCUT2D eigenvalue weighted by molar-refractivity contribution is 0.365. The molecule has 0 amide bonds. The Morgan fingerprint density at radius 3 is 2.56 bits per heavy atom. The van der Waals surface area contributed by atoms with Gasteiger partial charge in [-0.1, -0.05) is 0 Å². The molecule has 0 radical (unpaired) electrons. The molecule has 0 saturated carbocycles. The third kappa shape index (κ3) is 2.84. The monoisotopic (exact) mass is 373 g/mol. The molecule has 1 aliphatic heterocycles. The number of hydrogen-bond acceptors (Lipinski definition) is 5. The van der Waals surface area contributed by atoms with Gasteiger partial charge in [-0.05, 0) is 38.1 Å². The van der Waals surface area contributed by atoms with Crippen LogP contribution in [-0.4, -0.2) is 32.2 Å². The summed E-state index contributed by atoms with van der Waals surface area (Å²) in [5.74, 6) is -1.53. The highest BCUT2D eigenvalue weighted by Gasteiger charge is 2.24. The van der Waals surface area contributed by atoms with Crippen LogP contribution in [0, 0.1) is 11.6 Å². The van der Waals surface area contributed by atoms with Crippen molar-refractivity contribution in [3.05, 3.63) is 56.7 Å². The number of fused-ring (bicyclic) bond motifs is 1. The molecule has 0 atom stereocenters. The van der Waals surface area contributed by atoms with Crippen LogP contribution >= 0.6 is 0 Å². The molecular weight excluding hydrogens is 356 g/mol. The second-order valence-corrected chi connectivity index (χ2v) is 6.52. The van der Waals surface area contributed by atoms with Gasteiger partial charge in [0, 0.05) is 25.4 Å². The predicted octanol–water partition coefficient (Wildman–Crippen LogP) is 1.36. The third-order valence-corrected chi connectivity index (χ3v) is 4.89. The first kappa shape index (κ1) is 17.5. The number of halogens is 2. The number of piperidine rings is 1. The van der Waals surface area contributed by atoms with Gasteiger partial charge >= 0.3 is 11.1 Å². The first-order valence-electron chi connectivity index (χ1n) is 8.62.